The zero-order chi connectivity index (χ0) is 13.1. The van der Waals surface area contributed by atoms with Gasteiger partial charge in [0, 0.05) is 6.20 Å². The van der Waals surface area contributed by atoms with Crippen LogP contribution in [0.1, 0.15) is 17.3 Å². The predicted octanol–water partition coefficient (Wildman–Crippen LogP) is -0.214. The molecule has 0 fully saturated rings. The normalized spacial score (nSPS) is 13.8. The van der Waals surface area contributed by atoms with Gasteiger partial charge in [-0.3, -0.25) is 4.79 Å². The van der Waals surface area contributed by atoms with Crippen LogP contribution in [-0.2, 0) is 4.79 Å². The second-order valence-corrected chi connectivity index (χ2v) is 3.60. The number of carbonyl (C=O) groups excluding carboxylic acids is 1. The molecule has 1 aromatic rings. The van der Waals surface area contributed by atoms with Gasteiger partial charge in [-0.2, -0.15) is 4.39 Å². The summed E-state index contributed by atoms with van der Waals surface area (Å²) in [5, 5.41) is 20.0. The number of aliphatic carboxylic acids is 1. The zero-order valence-corrected chi connectivity index (χ0v) is 8.98. The first-order valence-electron chi connectivity index (χ1n) is 4.69. The minimum absolute atomic E-state index is 0.311. The molecule has 0 radical (unpaired) electrons. The molecule has 1 aromatic heterocycles. The first-order valence-corrected chi connectivity index (χ1v) is 4.69. The number of hydrogen-bond acceptors (Lipinski definition) is 4. The van der Waals surface area contributed by atoms with Crippen LogP contribution < -0.4 is 5.32 Å². The summed E-state index contributed by atoms with van der Waals surface area (Å²) in [5.74, 6) is -3.28. The summed E-state index contributed by atoms with van der Waals surface area (Å²) in [6.45, 7) is 0.491. The Hall–Kier alpha value is -2.02. The van der Waals surface area contributed by atoms with E-state index in [0.717, 1.165) is 6.92 Å². The average molecular weight is 242 g/mol. The molecule has 0 aromatic carbocycles. The number of carboxylic acid groups (broad SMARTS) is 1. The van der Waals surface area contributed by atoms with Crippen molar-refractivity contribution < 1.29 is 24.2 Å². The quantitative estimate of drug-likeness (QED) is 0.634. The lowest BCUT2D eigenvalue weighted by Crippen LogP contribution is -2.46. The largest absolute Gasteiger partial charge is 0.479 e. The van der Waals surface area contributed by atoms with E-state index in [1.54, 1.807) is 0 Å². The summed E-state index contributed by atoms with van der Waals surface area (Å²) in [7, 11) is 0. The van der Waals surface area contributed by atoms with E-state index < -0.39 is 30.0 Å². The van der Waals surface area contributed by atoms with Gasteiger partial charge in [-0.25, -0.2) is 9.78 Å². The standard InChI is InChI=1S/C10H11FN2O4/c1-10(17,9(15)16)5-13-8(14)6-3-2-4-12-7(6)11/h2-4,17H,5H2,1H3,(H,13,14)(H,15,16). The van der Waals surface area contributed by atoms with Crippen molar-refractivity contribution >= 4 is 11.9 Å². The number of carboxylic acids is 1. The molecule has 0 saturated heterocycles. The maximum absolute atomic E-state index is 13.1. The average Bonchev–Trinajstić information content (AvgIpc) is 2.26. The van der Waals surface area contributed by atoms with E-state index in [1.807, 2.05) is 0 Å². The Morgan fingerprint density at radius 1 is 1.59 bits per heavy atom. The van der Waals surface area contributed by atoms with Gasteiger partial charge in [-0.1, -0.05) is 0 Å². The fourth-order valence-corrected chi connectivity index (χ4v) is 0.979. The molecule has 0 bridgehead atoms. The van der Waals surface area contributed by atoms with Gasteiger partial charge in [0.15, 0.2) is 5.60 Å². The van der Waals surface area contributed by atoms with Crippen LogP contribution in [0.5, 0.6) is 0 Å². The first-order chi connectivity index (χ1) is 7.84. The number of aromatic nitrogens is 1. The zero-order valence-electron chi connectivity index (χ0n) is 8.98. The number of hydrogen-bond donors (Lipinski definition) is 3. The first kappa shape index (κ1) is 13.0. The molecule has 7 heteroatoms. The van der Waals surface area contributed by atoms with Gasteiger partial charge in [0.05, 0.1) is 12.1 Å². The van der Waals surface area contributed by atoms with Crippen LogP contribution in [0, 0.1) is 5.95 Å². The molecule has 6 nitrogen and oxygen atoms in total. The highest BCUT2D eigenvalue weighted by Gasteiger charge is 2.30. The van der Waals surface area contributed by atoms with Gasteiger partial charge >= 0.3 is 5.97 Å². The number of amides is 1. The predicted molar refractivity (Wildman–Crippen MR) is 54.8 cm³/mol. The van der Waals surface area contributed by atoms with E-state index in [-0.39, 0.29) is 5.56 Å². The van der Waals surface area contributed by atoms with Crippen molar-refractivity contribution in [1.29, 1.82) is 0 Å². The number of rotatable bonds is 4. The second-order valence-electron chi connectivity index (χ2n) is 3.60. The lowest BCUT2D eigenvalue weighted by molar-refractivity contribution is -0.155. The van der Waals surface area contributed by atoms with Crippen molar-refractivity contribution in [3.63, 3.8) is 0 Å². The molecule has 1 rings (SSSR count). The summed E-state index contributed by atoms with van der Waals surface area (Å²) in [6, 6.07) is 2.57. The molecule has 1 atom stereocenters. The molecule has 0 aliphatic rings. The Balaban J connectivity index is 2.69. The minimum Gasteiger partial charge on any atom is -0.479 e. The number of nitrogens with zero attached hydrogens (tertiary/aromatic N) is 1. The third kappa shape index (κ3) is 3.22. The summed E-state index contributed by atoms with van der Waals surface area (Å²) < 4.78 is 13.1. The highest BCUT2D eigenvalue weighted by molar-refractivity contribution is 5.94. The highest BCUT2D eigenvalue weighted by atomic mass is 19.1. The fourth-order valence-electron chi connectivity index (χ4n) is 0.979. The molecule has 1 amide bonds. The van der Waals surface area contributed by atoms with Gasteiger partial charge in [-0.05, 0) is 19.1 Å². The smallest absolute Gasteiger partial charge is 0.337 e. The number of carbonyl (C=O) groups is 2. The van der Waals surface area contributed by atoms with Crippen LogP contribution in [0.3, 0.4) is 0 Å². The molecular weight excluding hydrogens is 231 g/mol. The van der Waals surface area contributed by atoms with Crippen LogP contribution in [0.25, 0.3) is 0 Å². The van der Waals surface area contributed by atoms with Gasteiger partial charge in [0.1, 0.15) is 0 Å². The maximum Gasteiger partial charge on any atom is 0.337 e. The van der Waals surface area contributed by atoms with E-state index >= 15 is 0 Å². The van der Waals surface area contributed by atoms with E-state index in [2.05, 4.69) is 10.3 Å². The summed E-state index contributed by atoms with van der Waals surface area (Å²) in [6.07, 6.45) is 1.18. The number of nitrogens with one attached hydrogen (secondary N) is 1. The van der Waals surface area contributed by atoms with Gasteiger partial charge in [-0.15, -0.1) is 0 Å². The van der Waals surface area contributed by atoms with Crippen LogP contribution in [0.2, 0.25) is 0 Å². The van der Waals surface area contributed by atoms with Crippen LogP contribution >= 0.6 is 0 Å². The van der Waals surface area contributed by atoms with Crippen molar-refractivity contribution in [2.45, 2.75) is 12.5 Å². The summed E-state index contributed by atoms with van der Waals surface area (Å²) >= 11 is 0. The lowest BCUT2D eigenvalue weighted by Gasteiger charge is -2.18. The molecule has 0 aliphatic heterocycles. The molecule has 1 heterocycles. The number of aliphatic hydroxyl groups is 1. The molecule has 0 spiro atoms. The molecule has 1 unspecified atom stereocenters. The van der Waals surface area contributed by atoms with Crippen LogP contribution in [0.15, 0.2) is 18.3 Å². The molecular formula is C10H11FN2O4. The number of halogens is 1. The van der Waals surface area contributed by atoms with Crippen molar-refractivity contribution in [3.05, 3.63) is 29.8 Å². The highest BCUT2D eigenvalue weighted by Crippen LogP contribution is 2.05. The summed E-state index contributed by atoms with van der Waals surface area (Å²) in [5.41, 5.74) is -2.41. The molecule has 0 saturated carbocycles. The Morgan fingerprint density at radius 2 is 2.24 bits per heavy atom. The SMILES string of the molecule is CC(O)(CNC(=O)c1cccnc1F)C(=O)O. The topological polar surface area (TPSA) is 99.5 Å². The van der Waals surface area contributed by atoms with Crippen molar-refractivity contribution in [2.24, 2.45) is 0 Å². The minimum atomic E-state index is -2.10. The Labute approximate surface area is 96.1 Å². The second kappa shape index (κ2) is 4.88. The molecule has 17 heavy (non-hydrogen) atoms. The molecule has 3 N–H and O–H groups in total. The lowest BCUT2D eigenvalue weighted by atomic mass is 10.1. The third-order valence-electron chi connectivity index (χ3n) is 2.06. The Kier molecular flexibility index (Phi) is 3.74. The van der Waals surface area contributed by atoms with Gasteiger partial charge in [0.25, 0.3) is 5.91 Å². The van der Waals surface area contributed by atoms with E-state index in [0.29, 0.717) is 0 Å². The fraction of sp³-hybridized carbons (Fsp3) is 0.300. The van der Waals surface area contributed by atoms with Crippen LogP contribution in [-0.4, -0.2) is 39.2 Å². The Morgan fingerprint density at radius 3 is 2.76 bits per heavy atom. The van der Waals surface area contributed by atoms with Gasteiger partial charge in [0.2, 0.25) is 5.95 Å². The van der Waals surface area contributed by atoms with E-state index in [9.17, 15) is 19.1 Å². The maximum atomic E-state index is 13.1. The third-order valence-corrected chi connectivity index (χ3v) is 2.06. The Bertz CT molecular complexity index is 448. The van der Waals surface area contributed by atoms with E-state index in [1.165, 1.54) is 18.3 Å². The monoisotopic (exact) mass is 242 g/mol. The van der Waals surface area contributed by atoms with Gasteiger partial charge < -0.3 is 15.5 Å². The van der Waals surface area contributed by atoms with Crippen molar-refractivity contribution in [3.8, 4) is 0 Å². The van der Waals surface area contributed by atoms with E-state index in [4.69, 9.17) is 5.11 Å². The number of pyridine rings is 1. The molecule has 92 valence electrons. The van der Waals surface area contributed by atoms with Crippen molar-refractivity contribution in [1.82, 2.24) is 10.3 Å². The molecule has 0 aliphatic carbocycles. The van der Waals surface area contributed by atoms with Crippen molar-refractivity contribution in [2.75, 3.05) is 6.54 Å². The summed E-state index contributed by atoms with van der Waals surface area (Å²) in [4.78, 5) is 25.3. The van der Waals surface area contributed by atoms with Crippen LogP contribution in [0.4, 0.5) is 4.39 Å².